The second-order valence-corrected chi connectivity index (χ2v) is 14.1. The largest absolute Gasteiger partial charge is 0.307 e. The van der Waals surface area contributed by atoms with Crippen LogP contribution in [-0.4, -0.2) is 24.1 Å². The molecule has 5 heterocycles. The van der Waals surface area contributed by atoms with Gasteiger partial charge in [-0.25, -0.2) is 4.98 Å². The van der Waals surface area contributed by atoms with Gasteiger partial charge in [0.2, 0.25) is 0 Å². The Morgan fingerprint density at radius 1 is 0.304 bits per heavy atom. The molecule has 0 unspecified atom stereocenters. The Morgan fingerprint density at radius 2 is 0.732 bits per heavy atom. The van der Waals surface area contributed by atoms with Crippen LogP contribution >= 0.6 is 0 Å². The highest BCUT2D eigenvalue weighted by molar-refractivity contribution is 6.23. The quantitative estimate of drug-likeness (QED) is 0.172. The number of hydrogen-bond acceptors (Lipinski definition) is 3. The number of rotatable bonds is 6. The van der Waals surface area contributed by atoms with E-state index in [9.17, 15) is 0 Å². The molecule has 0 aliphatic heterocycles. The molecule has 0 saturated carbocycles. The maximum Gasteiger partial charge on any atom is 0.0788 e. The zero-order valence-electron chi connectivity index (χ0n) is 30.3. The number of benzene rings is 6. The minimum absolute atomic E-state index is 0.832. The first-order chi connectivity index (χ1) is 27.8. The van der Waals surface area contributed by atoms with Gasteiger partial charge in [0.25, 0.3) is 0 Å². The average Bonchev–Trinajstić information content (AvgIpc) is 3.80. The summed E-state index contributed by atoms with van der Waals surface area (Å²) in [4.78, 5) is 15.1. The summed E-state index contributed by atoms with van der Waals surface area (Å²) in [6.45, 7) is 0. The van der Waals surface area contributed by atoms with E-state index in [0.29, 0.717) is 0 Å². The fourth-order valence-corrected chi connectivity index (χ4v) is 8.21. The molecule has 11 rings (SSSR count). The molecule has 5 aromatic heterocycles. The van der Waals surface area contributed by atoms with Gasteiger partial charge >= 0.3 is 0 Å². The average molecular weight is 716 g/mol. The van der Waals surface area contributed by atoms with E-state index in [0.717, 1.165) is 73.0 Å². The normalized spacial score (nSPS) is 11.6. The van der Waals surface area contributed by atoms with Gasteiger partial charge in [-0.2, -0.15) is 0 Å². The van der Waals surface area contributed by atoms with E-state index in [1.165, 1.54) is 27.1 Å². The Kier molecular flexibility index (Phi) is 7.42. The summed E-state index contributed by atoms with van der Waals surface area (Å²) in [6, 6.07) is 66.1. The molecule has 0 aliphatic carbocycles. The van der Waals surface area contributed by atoms with Crippen molar-refractivity contribution in [1.82, 2.24) is 24.1 Å². The molecule has 11 aromatic rings. The number of para-hydroxylation sites is 3. The Balaban J connectivity index is 1.20. The molecule has 0 atom stereocenters. The zero-order valence-corrected chi connectivity index (χ0v) is 30.3. The second-order valence-electron chi connectivity index (χ2n) is 14.1. The minimum atomic E-state index is 0.832. The fourth-order valence-electron chi connectivity index (χ4n) is 8.21. The maximum absolute atomic E-state index is 5.31. The third kappa shape index (κ3) is 5.21. The van der Waals surface area contributed by atoms with E-state index in [1.54, 1.807) is 0 Å². The van der Waals surface area contributed by atoms with Crippen molar-refractivity contribution in [2.45, 2.75) is 0 Å². The maximum atomic E-state index is 5.31. The summed E-state index contributed by atoms with van der Waals surface area (Å²) in [5.74, 6) is 0. The van der Waals surface area contributed by atoms with Crippen LogP contribution in [0.3, 0.4) is 0 Å². The van der Waals surface area contributed by atoms with Crippen LogP contribution in [-0.2, 0) is 0 Å². The highest BCUT2D eigenvalue weighted by Gasteiger charge is 2.22. The van der Waals surface area contributed by atoms with Crippen LogP contribution in [0.5, 0.6) is 0 Å². The second kappa shape index (κ2) is 13.0. The van der Waals surface area contributed by atoms with Crippen LogP contribution in [0.15, 0.2) is 200 Å². The molecule has 6 aromatic carbocycles. The van der Waals surface area contributed by atoms with Crippen molar-refractivity contribution in [3.05, 3.63) is 200 Å². The summed E-state index contributed by atoms with van der Waals surface area (Å²) >= 11 is 0. The summed E-state index contributed by atoms with van der Waals surface area (Å²) in [6.07, 6.45) is 3.87. The van der Waals surface area contributed by atoms with E-state index in [-0.39, 0.29) is 0 Å². The molecule has 56 heavy (non-hydrogen) atoms. The van der Waals surface area contributed by atoms with E-state index >= 15 is 0 Å². The summed E-state index contributed by atoms with van der Waals surface area (Å²) in [5, 5.41) is 4.81. The number of pyridine rings is 3. The number of aromatic nitrogens is 5. The fraction of sp³-hybridized carbons (Fsp3) is 0. The molecule has 0 aliphatic rings. The molecule has 0 spiro atoms. The third-order valence-electron chi connectivity index (χ3n) is 10.8. The molecular weight excluding hydrogens is 683 g/mol. The summed E-state index contributed by atoms with van der Waals surface area (Å²) in [5.41, 5.74) is 14.3. The van der Waals surface area contributed by atoms with Gasteiger partial charge in [-0.1, -0.05) is 127 Å². The van der Waals surface area contributed by atoms with Gasteiger partial charge < -0.3 is 9.13 Å². The first-order valence-electron chi connectivity index (χ1n) is 18.9. The van der Waals surface area contributed by atoms with Crippen LogP contribution in [0.2, 0.25) is 0 Å². The Morgan fingerprint density at radius 3 is 1.20 bits per heavy atom. The Bertz CT molecular complexity index is 3100. The van der Waals surface area contributed by atoms with Crippen molar-refractivity contribution in [2.24, 2.45) is 0 Å². The molecular formula is C51H33N5. The zero-order chi connectivity index (χ0) is 37.0. The standard InChI is InChI=1S/C51H33N5/c1-4-14-34(15-5-1)44-28-24-36(32-52-44)46-30-39(31-47(54-46)37-25-29-45(53-33-37)35-16-6-2-7-17-35)56-49-23-13-11-21-41(49)43-27-26-42-40-20-10-12-22-48(40)55(50(42)51(43)56)38-18-8-3-9-19-38/h1-33H. The minimum Gasteiger partial charge on any atom is -0.307 e. The van der Waals surface area contributed by atoms with Crippen LogP contribution in [0.4, 0.5) is 0 Å². The molecule has 0 N–H and O–H groups in total. The summed E-state index contributed by atoms with van der Waals surface area (Å²) in [7, 11) is 0. The topological polar surface area (TPSA) is 48.5 Å². The lowest BCUT2D eigenvalue weighted by molar-refractivity contribution is 1.14. The lowest BCUT2D eigenvalue weighted by Gasteiger charge is -2.15. The summed E-state index contributed by atoms with van der Waals surface area (Å²) < 4.78 is 4.85. The van der Waals surface area contributed by atoms with Gasteiger partial charge in [0.05, 0.1) is 50.5 Å². The predicted molar refractivity (Wildman–Crippen MR) is 230 cm³/mol. The molecule has 5 heteroatoms. The highest BCUT2D eigenvalue weighted by atomic mass is 15.0. The van der Waals surface area contributed by atoms with Crippen molar-refractivity contribution in [2.75, 3.05) is 0 Å². The van der Waals surface area contributed by atoms with Crippen LogP contribution < -0.4 is 0 Å². The third-order valence-corrected chi connectivity index (χ3v) is 10.8. The van der Waals surface area contributed by atoms with Crippen LogP contribution in [0.25, 0.3) is 100 Å². The molecule has 0 bridgehead atoms. The van der Waals surface area contributed by atoms with Gasteiger partial charge in [-0.15, -0.1) is 0 Å². The SMILES string of the molecule is c1ccc(-c2ccc(-c3cc(-n4c5ccccc5c5ccc6c7ccccc7n(-c7ccccc7)c6c54)cc(-c4ccc(-c5ccccc5)nc4)n3)cn2)cc1. The number of fused-ring (bicyclic) bond motifs is 7. The van der Waals surface area contributed by atoms with Crippen molar-refractivity contribution in [3.63, 3.8) is 0 Å². The van der Waals surface area contributed by atoms with E-state index < -0.39 is 0 Å². The van der Waals surface area contributed by atoms with Crippen LogP contribution in [0.1, 0.15) is 0 Å². The molecule has 0 saturated heterocycles. The molecule has 0 fully saturated rings. The van der Waals surface area contributed by atoms with Crippen molar-refractivity contribution < 1.29 is 0 Å². The van der Waals surface area contributed by atoms with Gasteiger partial charge in [0.15, 0.2) is 0 Å². The van der Waals surface area contributed by atoms with E-state index in [4.69, 9.17) is 15.0 Å². The molecule has 0 amide bonds. The van der Waals surface area contributed by atoms with E-state index in [1.807, 2.05) is 48.8 Å². The smallest absolute Gasteiger partial charge is 0.0788 e. The van der Waals surface area contributed by atoms with Crippen LogP contribution in [0, 0.1) is 0 Å². The first-order valence-corrected chi connectivity index (χ1v) is 18.9. The van der Waals surface area contributed by atoms with E-state index in [2.05, 4.69) is 161 Å². The van der Waals surface area contributed by atoms with Crippen molar-refractivity contribution in [3.8, 4) is 56.4 Å². The highest BCUT2D eigenvalue weighted by Crippen LogP contribution is 2.42. The van der Waals surface area contributed by atoms with Gasteiger partial charge in [-0.3, -0.25) is 9.97 Å². The van der Waals surface area contributed by atoms with Gasteiger partial charge in [0, 0.05) is 61.9 Å². The monoisotopic (exact) mass is 715 g/mol. The lowest BCUT2D eigenvalue weighted by atomic mass is 10.1. The Hall–Kier alpha value is -7.63. The van der Waals surface area contributed by atoms with Gasteiger partial charge in [-0.05, 0) is 60.7 Å². The number of hydrogen-bond donors (Lipinski definition) is 0. The number of nitrogens with zero attached hydrogens (tertiary/aromatic N) is 5. The van der Waals surface area contributed by atoms with Crippen molar-refractivity contribution >= 4 is 43.6 Å². The predicted octanol–water partition coefficient (Wildman–Crippen LogP) is 12.7. The lowest BCUT2D eigenvalue weighted by Crippen LogP contribution is -2.01. The molecule has 0 radical (unpaired) electrons. The van der Waals surface area contributed by atoms with Gasteiger partial charge in [0.1, 0.15) is 0 Å². The first kappa shape index (κ1) is 31.9. The molecule has 5 nitrogen and oxygen atoms in total. The Labute approximate surface area is 323 Å². The van der Waals surface area contributed by atoms with Crippen molar-refractivity contribution in [1.29, 1.82) is 0 Å². The molecule has 262 valence electrons.